The third-order valence-corrected chi connectivity index (χ3v) is 6.10. The van der Waals surface area contributed by atoms with E-state index in [2.05, 4.69) is 5.10 Å². The van der Waals surface area contributed by atoms with E-state index in [9.17, 15) is 22.4 Å². The first-order valence-electron chi connectivity index (χ1n) is 9.12. The normalized spacial score (nSPS) is 15.6. The average Bonchev–Trinajstić information content (AvgIpc) is 3.18. The van der Waals surface area contributed by atoms with Crippen molar-refractivity contribution < 1.29 is 27.1 Å². The Kier molecular flexibility index (Phi) is 6.12. The molecule has 0 bridgehead atoms. The van der Waals surface area contributed by atoms with Crippen LogP contribution in [-0.2, 0) is 0 Å². The maximum absolute atomic E-state index is 14.3. The van der Waals surface area contributed by atoms with Gasteiger partial charge >= 0.3 is 0 Å². The summed E-state index contributed by atoms with van der Waals surface area (Å²) in [5.74, 6) is -5.91. The quantitative estimate of drug-likeness (QED) is 0.420. The van der Waals surface area contributed by atoms with Crippen LogP contribution in [0, 0.1) is 23.3 Å². The summed E-state index contributed by atoms with van der Waals surface area (Å²) >= 11 is 6.98. The van der Waals surface area contributed by atoms with E-state index in [1.54, 1.807) is 24.3 Å². The van der Waals surface area contributed by atoms with Crippen LogP contribution < -0.4 is 4.74 Å². The van der Waals surface area contributed by atoms with Crippen molar-refractivity contribution >= 4 is 34.3 Å². The molecular weight excluding hydrogens is 468 g/mol. The number of carbonyl (C=O) groups is 1. The average molecular weight is 481 g/mol. The van der Waals surface area contributed by atoms with E-state index in [-0.39, 0.29) is 11.3 Å². The smallest absolute Gasteiger partial charge is 0.281 e. The number of hydrogen-bond donors (Lipinski definition) is 0. The predicted molar refractivity (Wildman–Crippen MR) is 114 cm³/mol. The van der Waals surface area contributed by atoms with Crippen molar-refractivity contribution in [1.82, 2.24) is 5.01 Å². The summed E-state index contributed by atoms with van der Waals surface area (Å²) in [7, 11) is 1.26. The van der Waals surface area contributed by atoms with Crippen molar-refractivity contribution in [1.29, 1.82) is 0 Å². The monoisotopic (exact) mass is 480 g/mol. The lowest BCUT2D eigenvalue weighted by Crippen LogP contribution is -2.28. The molecule has 3 aromatic rings. The van der Waals surface area contributed by atoms with Gasteiger partial charge in [-0.15, -0.1) is 0 Å². The Bertz CT molecular complexity index is 1210. The number of ether oxygens (including phenoxy) is 1. The van der Waals surface area contributed by atoms with Gasteiger partial charge < -0.3 is 4.74 Å². The van der Waals surface area contributed by atoms with Gasteiger partial charge in [0, 0.05) is 28.3 Å². The Hall–Kier alpha value is -3.04. The first-order chi connectivity index (χ1) is 15.3. The lowest BCUT2D eigenvalue weighted by atomic mass is 10.1. The molecule has 1 unspecified atom stereocenters. The van der Waals surface area contributed by atoms with Crippen LogP contribution >= 0.6 is 23.4 Å². The second-order valence-corrected chi connectivity index (χ2v) is 8.14. The van der Waals surface area contributed by atoms with Crippen LogP contribution in [-0.4, -0.2) is 23.1 Å². The molecule has 0 aliphatic carbocycles. The van der Waals surface area contributed by atoms with Gasteiger partial charge in [-0.25, -0.2) is 22.6 Å². The van der Waals surface area contributed by atoms with Crippen molar-refractivity contribution in [2.45, 2.75) is 5.37 Å². The number of methoxy groups -OCH3 is 1. The van der Waals surface area contributed by atoms with Gasteiger partial charge in [0.15, 0.2) is 11.6 Å². The summed E-state index contributed by atoms with van der Waals surface area (Å²) in [4.78, 5) is 13.1. The second-order valence-electron chi connectivity index (χ2n) is 6.64. The zero-order valence-electron chi connectivity index (χ0n) is 16.3. The molecule has 1 amide bonds. The van der Waals surface area contributed by atoms with E-state index in [1.165, 1.54) is 25.3 Å². The molecule has 1 atom stereocenters. The van der Waals surface area contributed by atoms with Crippen LogP contribution in [0.15, 0.2) is 59.7 Å². The van der Waals surface area contributed by atoms with Crippen LogP contribution in [0.3, 0.4) is 0 Å². The van der Waals surface area contributed by atoms with Crippen LogP contribution in [0.2, 0.25) is 5.02 Å². The third kappa shape index (κ3) is 4.05. The maximum Gasteiger partial charge on any atom is 0.281 e. The van der Waals surface area contributed by atoms with Gasteiger partial charge in [-0.1, -0.05) is 47.6 Å². The predicted octanol–water partition coefficient (Wildman–Crippen LogP) is 6.15. The summed E-state index contributed by atoms with van der Waals surface area (Å²) in [6.07, 6.45) is 0. The molecule has 0 N–H and O–H groups in total. The van der Waals surface area contributed by atoms with Crippen molar-refractivity contribution in [3.63, 3.8) is 0 Å². The highest BCUT2D eigenvalue weighted by atomic mass is 35.5. The molecule has 0 aromatic heterocycles. The van der Waals surface area contributed by atoms with Gasteiger partial charge in [-0.05, 0) is 18.2 Å². The number of carbonyl (C=O) groups excluding carboxylic acids is 1. The first-order valence-corrected chi connectivity index (χ1v) is 10.4. The fraction of sp³-hybridized carbons (Fsp3) is 0.0909. The number of amides is 1. The fourth-order valence-corrected chi connectivity index (χ4v) is 4.49. The van der Waals surface area contributed by atoms with E-state index >= 15 is 0 Å². The van der Waals surface area contributed by atoms with Crippen LogP contribution in [0.4, 0.5) is 17.6 Å². The summed E-state index contributed by atoms with van der Waals surface area (Å²) in [6.45, 7) is 0. The minimum Gasteiger partial charge on any atom is -0.493 e. The number of hydrogen-bond acceptors (Lipinski definition) is 4. The molecule has 1 aliphatic heterocycles. The lowest BCUT2D eigenvalue weighted by Gasteiger charge is -2.23. The van der Waals surface area contributed by atoms with E-state index in [0.29, 0.717) is 27.8 Å². The topological polar surface area (TPSA) is 41.9 Å². The Labute approximate surface area is 189 Å². The van der Waals surface area contributed by atoms with E-state index in [1.807, 2.05) is 0 Å². The molecule has 164 valence electrons. The Morgan fingerprint density at radius 2 is 1.69 bits per heavy atom. The van der Waals surface area contributed by atoms with E-state index < -0.39 is 40.1 Å². The standard InChI is InChI=1S/C22H13ClF4N2O2S/c1-31-19-14(3-2-4-15(19)25)22-29(21(30)18-16(26)9-13(24)10-17(18)27)28-20(32-22)11-5-7-12(23)8-6-11/h2-10,22H,1H3. The number of para-hydroxylation sites is 1. The SMILES string of the molecule is COc1c(F)cccc1C1SC(c2ccc(Cl)cc2)=NN1C(=O)c1c(F)cc(F)cc1F. The minimum atomic E-state index is -1.38. The molecule has 4 rings (SSSR count). The summed E-state index contributed by atoms with van der Waals surface area (Å²) in [5.41, 5.74) is -0.176. The molecule has 3 aromatic carbocycles. The van der Waals surface area contributed by atoms with Gasteiger partial charge in [0.25, 0.3) is 5.91 Å². The van der Waals surface area contributed by atoms with Crippen molar-refractivity contribution in [3.8, 4) is 5.75 Å². The number of nitrogens with zero attached hydrogens (tertiary/aromatic N) is 2. The zero-order chi connectivity index (χ0) is 23.0. The van der Waals surface area contributed by atoms with Crippen molar-refractivity contribution in [2.24, 2.45) is 5.10 Å². The fourth-order valence-electron chi connectivity index (χ4n) is 3.19. The molecule has 1 aliphatic rings. The van der Waals surface area contributed by atoms with Crippen LogP contribution in [0.25, 0.3) is 0 Å². The molecule has 10 heteroatoms. The molecule has 1 heterocycles. The molecule has 0 fully saturated rings. The largest absolute Gasteiger partial charge is 0.493 e. The number of benzene rings is 3. The number of thioether (sulfide) groups is 1. The second kappa shape index (κ2) is 8.84. The summed E-state index contributed by atoms with van der Waals surface area (Å²) in [5, 5.41) is 4.86. The van der Waals surface area contributed by atoms with Gasteiger partial charge in [0.1, 0.15) is 33.4 Å². The minimum absolute atomic E-state index is 0.143. The maximum atomic E-state index is 14.3. The highest BCUT2D eigenvalue weighted by Gasteiger charge is 2.38. The van der Waals surface area contributed by atoms with E-state index in [0.717, 1.165) is 16.8 Å². The highest BCUT2D eigenvalue weighted by Crippen LogP contribution is 2.46. The highest BCUT2D eigenvalue weighted by molar-refractivity contribution is 8.14. The zero-order valence-corrected chi connectivity index (χ0v) is 17.9. The van der Waals surface area contributed by atoms with Gasteiger partial charge in [-0.3, -0.25) is 4.79 Å². The molecule has 32 heavy (non-hydrogen) atoms. The molecule has 0 radical (unpaired) electrons. The first kappa shape index (κ1) is 22.2. The van der Waals surface area contributed by atoms with Crippen molar-refractivity contribution in [2.75, 3.05) is 7.11 Å². The lowest BCUT2D eigenvalue weighted by molar-refractivity contribution is 0.0737. The van der Waals surface area contributed by atoms with Crippen LogP contribution in [0.1, 0.15) is 26.9 Å². The Morgan fingerprint density at radius 3 is 2.31 bits per heavy atom. The number of rotatable bonds is 4. The molecule has 0 saturated carbocycles. The number of hydrazone groups is 1. The van der Waals surface area contributed by atoms with Gasteiger partial charge in [0.2, 0.25) is 0 Å². The molecule has 0 saturated heterocycles. The van der Waals surface area contributed by atoms with Gasteiger partial charge in [0.05, 0.1) is 7.11 Å². The number of halogens is 5. The van der Waals surface area contributed by atoms with Gasteiger partial charge in [-0.2, -0.15) is 5.10 Å². The summed E-state index contributed by atoms with van der Waals surface area (Å²) in [6, 6.07) is 11.4. The molecule has 0 spiro atoms. The Morgan fingerprint density at radius 1 is 1.03 bits per heavy atom. The van der Waals surface area contributed by atoms with Crippen LogP contribution in [0.5, 0.6) is 5.75 Å². The van der Waals surface area contributed by atoms with Crippen molar-refractivity contribution in [3.05, 3.63) is 99.6 Å². The third-order valence-electron chi connectivity index (χ3n) is 4.63. The summed E-state index contributed by atoms with van der Waals surface area (Å²) < 4.78 is 61.5. The van der Waals surface area contributed by atoms with E-state index in [4.69, 9.17) is 16.3 Å². The molecular formula is C22H13ClF4N2O2S. The Balaban J connectivity index is 1.84. The molecule has 4 nitrogen and oxygen atoms in total.